The van der Waals surface area contributed by atoms with Gasteiger partial charge < -0.3 is 10.1 Å². The lowest BCUT2D eigenvalue weighted by Gasteiger charge is -2.18. The summed E-state index contributed by atoms with van der Waals surface area (Å²) in [4.78, 5) is 4.03. The topological polar surface area (TPSA) is 34.2 Å². The Balaban J connectivity index is 2.39. The molecule has 0 saturated heterocycles. The Morgan fingerprint density at radius 2 is 1.89 bits per heavy atom. The number of nitrogens with zero attached hydrogens (tertiary/aromatic N) is 1. The number of ether oxygens (including phenoxy) is 1. The molecule has 0 aliphatic carbocycles. The Morgan fingerprint density at radius 1 is 1.17 bits per heavy atom. The summed E-state index contributed by atoms with van der Waals surface area (Å²) < 4.78 is 5.24. The van der Waals surface area contributed by atoms with Crippen molar-refractivity contribution in [2.45, 2.75) is 6.04 Å². The molecule has 4 heteroatoms. The van der Waals surface area contributed by atoms with E-state index in [9.17, 15) is 0 Å². The zero-order chi connectivity index (χ0) is 13.0. The second kappa shape index (κ2) is 5.85. The first kappa shape index (κ1) is 12.9. The predicted molar refractivity (Wildman–Crippen MR) is 73.1 cm³/mol. The zero-order valence-corrected chi connectivity index (χ0v) is 11.1. The maximum atomic E-state index is 6.03. The van der Waals surface area contributed by atoms with Crippen molar-refractivity contribution in [2.24, 2.45) is 0 Å². The monoisotopic (exact) mass is 262 g/mol. The van der Waals surface area contributed by atoms with Gasteiger partial charge in [-0.15, -0.1) is 0 Å². The van der Waals surface area contributed by atoms with Crippen LogP contribution in [0.5, 0.6) is 5.75 Å². The fourth-order valence-corrected chi connectivity index (χ4v) is 2.13. The molecule has 3 nitrogen and oxygen atoms in total. The molecule has 1 aromatic heterocycles. The van der Waals surface area contributed by atoms with Crippen LogP contribution in [0.1, 0.15) is 17.2 Å². The van der Waals surface area contributed by atoms with Gasteiger partial charge in [0.05, 0.1) is 18.2 Å². The van der Waals surface area contributed by atoms with Crippen LogP contribution in [-0.4, -0.2) is 19.1 Å². The predicted octanol–water partition coefficient (Wildman–Crippen LogP) is 3.05. The Morgan fingerprint density at radius 3 is 2.50 bits per heavy atom. The van der Waals surface area contributed by atoms with E-state index in [0.717, 1.165) is 11.1 Å². The number of pyridine rings is 1. The summed E-state index contributed by atoms with van der Waals surface area (Å²) in [6.45, 7) is 0. The molecule has 94 valence electrons. The van der Waals surface area contributed by atoms with Gasteiger partial charge >= 0.3 is 0 Å². The standard InChI is InChI=1S/C14H15ClN2O/c1-16-14(10-5-7-17-8-6-10)11-3-4-12(15)13(9-11)18-2/h3-9,14,16H,1-2H3. The molecule has 1 atom stereocenters. The highest BCUT2D eigenvalue weighted by Gasteiger charge is 2.13. The number of halogens is 1. The summed E-state index contributed by atoms with van der Waals surface area (Å²) in [6.07, 6.45) is 3.57. The van der Waals surface area contributed by atoms with E-state index in [1.54, 1.807) is 19.5 Å². The third-order valence-electron chi connectivity index (χ3n) is 2.84. The number of methoxy groups -OCH3 is 1. The van der Waals surface area contributed by atoms with Crippen LogP contribution in [0, 0.1) is 0 Å². The molecule has 0 aliphatic rings. The van der Waals surface area contributed by atoms with Gasteiger partial charge in [0.25, 0.3) is 0 Å². The molecule has 0 amide bonds. The first-order valence-corrected chi connectivity index (χ1v) is 6.04. The quantitative estimate of drug-likeness (QED) is 0.920. The molecular weight excluding hydrogens is 248 g/mol. The molecule has 0 radical (unpaired) electrons. The zero-order valence-electron chi connectivity index (χ0n) is 10.4. The molecular formula is C14H15ClN2O. The van der Waals surface area contributed by atoms with Gasteiger partial charge in [0.15, 0.2) is 0 Å². The molecule has 1 unspecified atom stereocenters. The molecule has 0 aliphatic heterocycles. The summed E-state index contributed by atoms with van der Waals surface area (Å²) in [5, 5.41) is 3.90. The van der Waals surface area contributed by atoms with Crippen LogP contribution in [0.3, 0.4) is 0 Å². The summed E-state index contributed by atoms with van der Waals surface area (Å²) in [5.41, 5.74) is 2.25. The van der Waals surface area contributed by atoms with E-state index < -0.39 is 0 Å². The second-order valence-electron chi connectivity index (χ2n) is 3.90. The average molecular weight is 263 g/mol. The lowest BCUT2D eigenvalue weighted by molar-refractivity contribution is 0.414. The van der Waals surface area contributed by atoms with Crippen molar-refractivity contribution in [1.82, 2.24) is 10.3 Å². The number of hydrogen-bond acceptors (Lipinski definition) is 3. The van der Waals surface area contributed by atoms with Gasteiger partial charge in [0.1, 0.15) is 5.75 Å². The highest BCUT2D eigenvalue weighted by atomic mass is 35.5. The van der Waals surface area contributed by atoms with E-state index in [-0.39, 0.29) is 6.04 Å². The Labute approximate surface area is 112 Å². The van der Waals surface area contributed by atoms with Crippen LogP contribution in [0.2, 0.25) is 5.02 Å². The fraction of sp³-hybridized carbons (Fsp3) is 0.214. The molecule has 1 N–H and O–H groups in total. The Kier molecular flexibility index (Phi) is 4.18. The van der Waals surface area contributed by atoms with Crippen LogP contribution < -0.4 is 10.1 Å². The first-order valence-electron chi connectivity index (χ1n) is 5.67. The largest absolute Gasteiger partial charge is 0.495 e. The van der Waals surface area contributed by atoms with Crippen molar-refractivity contribution in [1.29, 1.82) is 0 Å². The van der Waals surface area contributed by atoms with E-state index in [1.807, 2.05) is 37.4 Å². The van der Waals surface area contributed by atoms with E-state index in [2.05, 4.69) is 10.3 Å². The number of aromatic nitrogens is 1. The van der Waals surface area contributed by atoms with Gasteiger partial charge in [-0.2, -0.15) is 0 Å². The lowest BCUT2D eigenvalue weighted by atomic mass is 10.00. The van der Waals surface area contributed by atoms with Crippen LogP contribution >= 0.6 is 11.6 Å². The number of nitrogens with one attached hydrogen (secondary N) is 1. The molecule has 18 heavy (non-hydrogen) atoms. The van der Waals surface area contributed by atoms with Crippen molar-refractivity contribution < 1.29 is 4.74 Å². The normalized spacial score (nSPS) is 12.2. The van der Waals surface area contributed by atoms with Gasteiger partial charge in [-0.1, -0.05) is 17.7 Å². The van der Waals surface area contributed by atoms with E-state index in [1.165, 1.54) is 0 Å². The van der Waals surface area contributed by atoms with Crippen LogP contribution in [0.15, 0.2) is 42.7 Å². The second-order valence-corrected chi connectivity index (χ2v) is 4.30. The lowest BCUT2D eigenvalue weighted by Crippen LogP contribution is -2.17. The average Bonchev–Trinajstić information content (AvgIpc) is 2.42. The van der Waals surface area contributed by atoms with E-state index in [0.29, 0.717) is 10.8 Å². The number of benzene rings is 1. The molecule has 0 saturated carbocycles. The highest BCUT2D eigenvalue weighted by molar-refractivity contribution is 6.32. The molecule has 1 heterocycles. The molecule has 2 rings (SSSR count). The third kappa shape index (κ3) is 2.63. The minimum Gasteiger partial charge on any atom is -0.495 e. The minimum absolute atomic E-state index is 0.0965. The van der Waals surface area contributed by atoms with Crippen LogP contribution in [0.4, 0.5) is 0 Å². The van der Waals surface area contributed by atoms with Crippen molar-refractivity contribution in [2.75, 3.05) is 14.2 Å². The van der Waals surface area contributed by atoms with E-state index >= 15 is 0 Å². The highest BCUT2D eigenvalue weighted by Crippen LogP contribution is 2.30. The van der Waals surface area contributed by atoms with Gasteiger partial charge in [-0.25, -0.2) is 0 Å². The summed E-state index contributed by atoms with van der Waals surface area (Å²) in [6, 6.07) is 9.86. The van der Waals surface area contributed by atoms with E-state index in [4.69, 9.17) is 16.3 Å². The molecule has 0 fully saturated rings. The number of hydrogen-bond donors (Lipinski definition) is 1. The maximum absolute atomic E-state index is 6.03. The summed E-state index contributed by atoms with van der Waals surface area (Å²) >= 11 is 6.03. The maximum Gasteiger partial charge on any atom is 0.137 e. The molecule has 1 aromatic carbocycles. The van der Waals surface area contributed by atoms with Crippen molar-refractivity contribution >= 4 is 11.6 Å². The van der Waals surface area contributed by atoms with Gasteiger partial charge in [-0.05, 0) is 42.4 Å². The molecule has 0 spiro atoms. The van der Waals surface area contributed by atoms with Crippen LogP contribution in [-0.2, 0) is 0 Å². The summed E-state index contributed by atoms with van der Waals surface area (Å²) in [5.74, 6) is 0.684. The SMILES string of the molecule is CNC(c1ccncc1)c1ccc(Cl)c(OC)c1. The first-order chi connectivity index (χ1) is 8.76. The smallest absolute Gasteiger partial charge is 0.137 e. The van der Waals surface area contributed by atoms with Gasteiger partial charge in [-0.3, -0.25) is 4.98 Å². The number of rotatable bonds is 4. The van der Waals surface area contributed by atoms with Crippen molar-refractivity contribution in [3.05, 3.63) is 58.9 Å². The van der Waals surface area contributed by atoms with Gasteiger partial charge in [0.2, 0.25) is 0 Å². The summed E-state index contributed by atoms with van der Waals surface area (Å²) in [7, 11) is 3.54. The third-order valence-corrected chi connectivity index (χ3v) is 3.15. The molecule has 2 aromatic rings. The van der Waals surface area contributed by atoms with Gasteiger partial charge in [0, 0.05) is 12.4 Å². The van der Waals surface area contributed by atoms with Crippen molar-refractivity contribution in [3.63, 3.8) is 0 Å². The molecule has 0 bridgehead atoms. The Bertz CT molecular complexity index is 516. The van der Waals surface area contributed by atoms with Crippen molar-refractivity contribution in [3.8, 4) is 5.75 Å². The minimum atomic E-state index is 0.0965. The van der Waals surface area contributed by atoms with Crippen LogP contribution in [0.25, 0.3) is 0 Å². The Hall–Kier alpha value is -1.58. The fourth-order valence-electron chi connectivity index (χ4n) is 1.94.